The van der Waals surface area contributed by atoms with Crippen molar-refractivity contribution in [3.8, 4) is 5.75 Å². The van der Waals surface area contributed by atoms with Gasteiger partial charge in [-0.3, -0.25) is 0 Å². The van der Waals surface area contributed by atoms with Crippen LogP contribution in [-0.2, 0) is 4.74 Å². The van der Waals surface area contributed by atoms with Crippen LogP contribution < -0.4 is 4.65 Å². The molecule has 1 rings (SSSR count). The van der Waals surface area contributed by atoms with Crippen molar-refractivity contribution in [2.45, 2.75) is 0 Å². The number of esters is 1. The van der Waals surface area contributed by atoms with Crippen LogP contribution in [0.5, 0.6) is 5.75 Å². The summed E-state index contributed by atoms with van der Waals surface area (Å²) < 4.78 is 21.7. The lowest BCUT2D eigenvalue weighted by atomic mass is 10.2. The van der Waals surface area contributed by atoms with Crippen LogP contribution in [0.3, 0.4) is 0 Å². The number of benzene rings is 1. The molecule has 0 unspecified atom stereocenters. The Morgan fingerprint density at radius 3 is 2.60 bits per heavy atom. The molecule has 1 aromatic rings. The normalized spacial score (nSPS) is 9.60. The number of halogens is 1. The van der Waals surface area contributed by atoms with E-state index in [9.17, 15) is 9.18 Å². The number of methoxy groups -OCH3 is 1. The first-order chi connectivity index (χ1) is 7.02. The molecule has 0 bridgehead atoms. The van der Waals surface area contributed by atoms with Crippen molar-refractivity contribution in [3.63, 3.8) is 0 Å². The van der Waals surface area contributed by atoms with Gasteiger partial charge in [0.15, 0.2) is 0 Å². The van der Waals surface area contributed by atoms with Gasteiger partial charge >= 0.3 is 13.3 Å². The quantitative estimate of drug-likeness (QED) is 0.545. The van der Waals surface area contributed by atoms with E-state index < -0.39 is 19.1 Å². The van der Waals surface area contributed by atoms with Gasteiger partial charge in [-0.2, -0.15) is 0 Å². The van der Waals surface area contributed by atoms with Crippen molar-refractivity contribution < 1.29 is 28.6 Å². The van der Waals surface area contributed by atoms with E-state index in [0.29, 0.717) is 0 Å². The summed E-state index contributed by atoms with van der Waals surface area (Å²) in [5.41, 5.74) is -0.0758. The highest BCUT2D eigenvalue weighted by Crippen LogP contribution is 2.17. The largest absolute Gasteiger partial charge is 0.707 e. The monoisotopic (exact) mass is 214 g/mol. The number of carbonyl (C=O) groups excluding carboxylic acids is 1. The third-order valence-electron chi connectivity index (χ3n) is 1.53. The molecule has 0 aliphatic heterocycles. The summed E-state index contributed by atoms with van der Waals surface area (Å²) in [4.78, 5) is 11.0. The molecule has 80 valence electrons. The van der Waals surface area contributed by atoms with E-state index in [-0.39, 0.29) is 11.3 Å². The number of hydrogen-bond acceptors (Lipinski definition) is 5. The molecule has 2 N–H and O–H groups in total. The van der Waals surface area contributed by atoms with Gasteiger partial charge in [0.2, 0.25) is 0 Å². The second kappa shape index (κ2) is 4.76. The van der Waals surface area contributed by atoms with Crippen LogP contribution in [0.1, 0.15) is 10.4 Å². The van der Waals surface area contributed by atoms with E-state index in [1.807, 2.05) is 0 Å². The maximum atomic E-state index is 12.9. The lowest BCUT2D eigenvalue weighted by Crippen LogP contribution is -2.20. The van der Waals surface area contributed by atoms with Gasteiger partial charge in [-0.05, 0) is 12.1 Å². The Bertz CT molecular complexity index is 368. The Hall–Kier alpha value is -1.60. The van der Waals surface area contributed by atoms with Crippen molar-refractivity contribution in [3.05, 3.63) is 29.6 Å². The van der Waals surface area contributed by atoms with Gasteiger partial charge in [-0.25, -0.2) is 9.18 Å². The fraction of sp³-hybridized carbons (Fsp3) is 0.125. The van der Waals surface area contributed by atoms with E-state index in [1.54, 1.807) is 0 Å². The molecule has 0 spiro atoms. The molecule has 0 amide bonds. The lowest BCUT2D eigenvalue weighted by Gasteiger charge is -2.06. The zero-order valence-corrected chi connectivity index (χ0v) is 7.81. The second-order valence-corrected chi connectivity index (χ2v) is 2.61. The highest BCUT2D eigenvalue weighted by Gasteiger charge is 2.15. The van der Waals surface area contributed by atoms with E-state index in [0.717, 1.165) is 25.3 Å². The molecule has 0 heterocycles. The Labute approximate surface area is 85.2 Å². The molecule has 0 saturated heterocycles. The van der Waals surface area contributed by atoms with Gasteiger partial charge in [0.1, 0.15) is 11.6 Å². The summed E-state index contributed by atoms with van der Waals surface area (Å²) >= 11 is 0. The molecule has 5 nitrogen and oxygen atoms in total. The molecule has 0 saturated carbocycles. The van der Waals surface area contributed by atoms with Gasteiger partial charge in [-0.1, -0.05) is 0 Å². The lowest BCUT2D eigenvalue weighted by molar-refractivity contribution is 0.0599. The minimum Gasteiger partial charge on any atom is -0.512 e. The van der Waals surface area contributed by atoms with Crippen LogP contribution in [0.25, 0.3) is 0 Å². The summed E-state index contributed by atoms with van der Waals surface area (Å²) in [6, 6.07) is 2.99. The first-order valence-electron chi connectivity index (χ1n) is 3.94. The molecule has 0 atom stereocenters. The second-order valence-electron chi connectivity index (χ2n) is 2.61. The minimum absolute atomic E-state index is 0.0758. The predicted octanol–water partition coefficient (Wildman–Crippen LogP) is -0.0394. The highest BCUT2D eigenvalue weighted by molar-refractivity contribution is 6.33. The molecule has 7 heteroatoms. The van der Waals surface area contributed by atoms with E-state index >= 15 is 0 Å². The molecule has 0 radical (unpaired) electrons. The third-order valence-corrected chi connectivity index (χ3v) is 1.53. The van der Waals surface area contributed by atoms with Crippen LogP contribution in [0.2, 0.25) is 0 Å². The first-order valence-corrected chi connectivity index (χ1v) is 3.94. The van der Waals surface area contributed by atoms with Crippen molar-refractivity contribution in [2.75, 3.05) is 7.11 Å². The van der Waals surface area contributed by atoms with Crippen LogP contribution >= 0.6 is 0 Å². The van der Waals surface area contributed by atoms with Crippen molar-refractivity contribution in [2.24, 2.45) is 0 Å². The Morgan fingerprint density at radius 2 is 2.07 bits per heavy atom. The summed E-state index contributed by atoms with van der Waals surface area (Å²) in [7, 11) is -0.924. The van der Waals surface area contributed by atoms with Gasteiger partial charge in [0.05, 0.1) is 12.7 Å². The number of carbonyl (C=O) groups is 1. The fourth-order valence-corrected chi connectivity index (χ4v) is 0.988. The van der Waals surface area contributed by atoms with Crippen LogP contribution in [0.4, 0.5) is 4.39 Å². The highest BCUT2D eigenvalue weighted by atomic mass is 19.1. The predicted molar refractivity (Wildman–Crippen MR) is 48.6 cm³/mol. The van der Waals surface area contributed by atoms with E-state index in [4.69, 9.17) is 10.0 Å². The van der Waals surface area contributed by atoms with Crippen molar-refractivity contribution >= 4 is 13.3 Å². The van der Waals surface area contributed by atoms with Gasteiger partial charge in [0, 0.05) is 6.07 Å². The summed E-state index contributed by atoms with van der Waals surface area (Å²) in [5.74, 6) is -1.66. The summed E-state index contributed by atoms with van der Waals surface area (Å²) in [6.07, 6.45) is 0. The zero-order valence-electron chi connectivity index (χ0n) is 7.81. The van der Waals surface area contributed by atoms with Crippen molar-refractivity contribution in [1.82, 2.24) is 0 Å². The number of ether oxygens (including phenoxy) is 1. The van der Waals surface area contributed by atoms with E-state index in [1.165, 1.54) is 0 Å². The van der Waals surface area contributed by atoms with Gasteiger partial charge in [-0.15, -0.1) is 0 Å². The third kappa shape index (κ3) is 3.23. The SMILES string of the molecule is COC(=O)c1cc(F)cc(OB(O)O)c1. The molecular formula is C8H8BFO5. The van der Waals surface area contributed by atoms with Crippen LogP contribution in [-0.4, -0.2) is 30.4 Å². The zero-order chi connectivity index (χ0) is 11.4. The van der Waals surface area contributed by atoms with Crippen molar-refractivity contribution in [1.29, 1.82) is 0 Å². The van der Waals surface area contributed by atoms with Crippen LogP contribution in [0.15, 0.2) is 18.2 Å². The number of hydrogen-bond donors (Lipinski definition) is 2. The molecule has 0 aromatic heterocycles. The Morgan fingerprint density at radius 1 is 1.40 bits per heavy atom. The average molecular weight is 214 g/mol. The summed E-state index contributed by atoms with van der Waals surface area (Å²) in [5, 5.41) is 17.0. The molecule has 1 aromatic carbocycles. The van der Waals surface area contributed by atoms with Crippen LogP contribution in [0, 0.1) is 5.82 Å². The number of rotatable bonds is 3. The smallest absolute Gasteiger partial charge is 0.512 e. The first kappa shape index (κ1) is 11.5. The maximum absolute atomic E-state index is 12.9. The molecule has 0 fully saturated rings. The molecule has 0 aliphatic rings. The molecule has 15 heavy (non-hydrogen) atoms. The Balaban J connectivity index is 2.99. The van der Waals surface area contributed by atoms with Gasteiger partial charge in [0.25, 0.3) is 0 Å². The molecule has 0 aliphatic carbocycles. The minimum atomic E-state index is -2.07. The summed E-state index contributed by atoms with van der Waals surface area (Å²) in [6.45, 7) is 0. The topological polar surface area (TPSA) is 76.0 Å². The Kier molecular flexibility index (Phi) is 3.65. The van der Waals surface area contributed by atoms with Gasteiger partial charge < -0.3 is 19.4 Å². The van der Waals surface area contributed by atoms with E-state index in [2.05, 4.69) is 9.39 Å². The standard InChI is InChI=1S/C8H8BFO5/c1-14-8(11)5-2-6(10)4-7(3-5)15-9(12)13/h2-4,12-13H,1H3. The average Bonchev–Trinajstić information content (AvgIpc) is 2.14. The molecular weight excluding hydrogens is 206 g/mol. The fourth-order valence-electron chi connectivity index (χ4n) is 0.988. The maximum Gasteiger partial charge on any atom is 0.707 e.